The molecule has 1 fully saturated rings. The normalized spacial score (nSPS) is 16.8. The van der Waals surface area contributed by atoms with Gasteiger partial charge in [0.15, 0.2) is 0 Å². The zero-order valence-electron chi connectivity index (χ0n) is 12.9. The number of hydrogen-bond acceptors (Lipinski definition) is 3. The van der Waals surface area contributed by atoms with Gasteiger partial charge < -0.3 is 14.8 Å². The van der Waals surface area contributed by atoms with Gasteiger partial charge in [0.1, 0.15) is 12.4 Å². The highest BCUT2D eigenvalue weighted by Gasteiger charge is 2.16. The molecule has 2 aromatic rings. The third-order valence-corrected chi connectivity index (χ3v) is 4.49. The Bertz CT molecular complexity index is 713. The molecule has 3 rings (SSSR count). The molecule has 0 aromatic heterocycles. The fraction of sp³-hybridized carbons (Fsp3) is 0.278. The molecule has 4 nitrogen and oxygen atoms in total. The first kappa shape index (κ1) is 17.1. The molecule has 24 heavy (non-hydrogen) atoms. The average molecular weight is 366 g/mol. The third-order valence-electron chi connectivity index (χ3n) is 3.75. The fourth-order valence-corrected chi connectivity index (χ4v) is 2.74. The first-order chi connectivity index (χ1) is 11.6. The van der Waals surface area contributed by atoms with E-state index < -0.39 is 0 Å². The Hall–Kier alpha value is -1.75. The van der Waals surface area contributed by atoms with E-state index in [1.165, 1.54) is 0 Å². The molecular formula is C18H17Cl2NO3. The number of nitrogens with one attached hydrogen (secondary N) is 1. The Labute approximate surface area is 150 Å². The van der Waals surface area contributed by atoms with Crippen molar-refractivity contribution in [3.05, 3.63) is 58.1 Å². The van der Waals surface area contributed by atoms with Crippen molar-refractivity contribution in [3.8, 4) is 5.75 Å². The predicted octanol–water partition coefficient (Wildman–Crippen LogP) is 4.80. The van der Waals surface area contributed by atoms with Gasteiger partial charge in [-0.2, -0.15) is 0 Å². The molecule has 1 saturated heterocycles. The van der Waals surface area contributed by atoms with Crippen molar-refractivity contribution in [2.75, 3.05) is 18.5 Å². The standard InChI is InChI=1S/C18H17Cl2NO3/c19-16-8-5-13(10-17(16)20)21-18(22)12-3-6-14(7-4-12)24-11-15-2-1-9-23-15/h3-8,10,15H,1-2,9,11H2,(H,21,22). The lowest BCUT2D eigenvalue weighted by atomic mass is 10.2. The van der Waals surface area contributed by atoms with Crippen LogP contribution in [0.3, 0.4) is 0 Å². The zero-order valence-corrected chi connectivity index (χ0v) is 14.4. The van der Waals surface area contributed by atoms with Gasteiger partial charge in [-0.15, -0.1) is 0 Å². The summed E-state index contributed by atoms with van der Waals surface area (Å²) >= 11 is 11.8. The van der Waals surface area contributed by atoms with E-state index in [9.17, 15) is 4.79 Å². The summed E-state index contributed by atoms with van der Waals surface area (Å²) in [5.41, 5.74) is 1.12. The third kappa shape index (κ3) is 4.41. The van der Waals surface area contributed by atoms with Gasteiger partial charge in [0.2, 0.25) is 0 Å². The molecule has 0 aliphatic carbocycles. The van der Waals surface area contributed by atoms with Crippen molar-refractivity contribution in [1.29, 1.82) is 0 Å². The number of carbonyl (C=O) groups is 1. The van der Waals surface area contributed by atoms with Crippen LogP contribution in [0.1, 0.15) is 23.2 Å². The molecule has 1 aliphatic heterocycles. The summed E-state index contributed by atoms with van der Waals surface area (Å²) < 4.78 is 11.2. The van der Waals surface area contributed by atoms with Crippen molar-refractivity contribution >= 4 is 34.8 Å². The van der Waals surface area contributed by atoms with E-state index in [2.05, 4.69) is 5.32 Å². The predicted molar refractivity (Wildman–Crippen MR) is 95.3 cm³/mol. The summed E-state index contributed by atoms with van der Waals surface area (Å²) in [7, 11) is 0. The number of hydrogen-bond donors (Lipinski definition) is 1. The largest absolute Gasteiger partial charge is 0.491 e. The number of benzene rings is 2. The van der Waals surface area contributed by atoms with Gasteiger partial charge in [-0.05, 0) is 55.3 Å². The van der Waals surface area contributed by atoms with Gasteiger partial charge in [0, 0.05) is 17.9 Å². The van der Waals surface area contributed by atoms with E-state index in [1.807, 2.05) is 0 Å². The molecule has 0 spiro atoms. The molecule has 1 heterocycles. The summed E-state index contributed by atoms with van der Waals surface area (Å²) in [6.07, 6.45) is 2.29. The summed E-state index contributed by atoms with van der Waals surface area (Å²) in [4.78, 5) is 12.2. The highest BCUT2D eigenvalue weighted by atomic mass is 35.5. The molecule has 0 saturated carbocycles. The Morgan fingerprint density at radius 1 is 1.17 bits per heavy atom. The van der Waals surface area contributed by atoms with E-state index in [4.69, 9.17) is 32.7 Å². The second kappa shape index (κ2) is 7.88. The molecule has 1 N–H and O–H groups in total. The van der Waals surface area contributed by atoms with Crippen LogP contribution in [-0.4, -0.2) is 25.2 Å². The molecule has 1 aliphatic rings. The minimum atomic E-state index is -0.223. The average Bonchev–Trinajstić information content (AvgIpc) is 3.10. The van der Waals surface area contributed by atoms with Crippen LogP contribution in [0.15, 0.2) is 42.5 Å². The van der Waals surface area contributed by atoms with Crippen LogP contribution in [0.5, 0.6) is 5.75 Å². The van der Waals surface area contributed by atoms with Crippen LogP contribution in [-0.2, 0) is 4.74 Å². The number of anilines is 1. The second-order valence-corrected chi connectivity index (χ2v) is 6.37. The second-order valence-electron chi connectivity index (χ2n) is 5.55. The van der Waals surface area contributed by atoms with Gasteiger partial charge in [-0.3, -0.25) is 4.79 Å². The number of ether oxygens (including phenoxy) is 2. The van der Waals surface area contributed by atoms with Gasteiger partial charge in [-0.1, -0.05) is 23.2 Å². The number of carbonyl (C=O) groups excluding carboxylic acids is 1. The Balaban J connectivity index is 1.57. The lowest BCUT2D eigenvalue weighted by Crippen LogP contribution is -2.16. The van der Waals surface area contributed by atoms with Crippen LogP contribution < -0.4 is 10.1 Å². The fourth-order valence-electron chi connectivity index (χ4n) is 2.44. The smallest absolute Gasteiger partial charge is 0.255 e. The Morgan fingerprint density at radius 3 is 2.62 bits per heavy atom. The van der Waals surface area contributed by atoms with Crippen molar-refractivity contribution < 1.29 is 14.3 Å². The molecule has 0 radical (unpaired) electrons. The molecule has 2 aromatic carbocycles. The lowest BCUT2D eigenvalue weighted by molar-refractivity contribution is 0.0679. The quantitative estimate of drug-likeness (QED) is 0.827. The first-order valence-corrected chi connectivity index (χ1v) is 8.48. The highest BCUT2D eigenvalue weighted by molar-refractivity contribution is 6.42. The molecular weight excluding hydrogens is 349 g/mol. The van der Waals surface area contributed by atoms with Gasteiger partial charge in [0.25, 0.3) is 5.91 Å². The topological polar surface area (TPSA) is 47.6 Å². The van der Waals surface area contributed by atoms with Crippen molar-refractivity contribution in [2.24, 2.45) is 0 Å². The summed E-state index contributed by atoms with van der Waals surface area (Å²) in [5, 5.41) is 3.62. The maximum atomic E-state index is 12.2. The molecule has 0 bridgehead atoms. The van der Waals surface area contributed by atoms with Gasteiger partial charge in [-0.25, -0.2) is 0 Å². The maximum absolute atomic E-state index is 12.2. The van der Waals surface area contributed by atoms with Gasteiger partial charge >= 0.3 is 0 Å². The van der Waals surface area contributed by atoms with Crippen LogP contribution in [0.4, 0.5) is 5.69 Å². The van der Waals surface area contributed by atoms with E-state index in [0.717, 1.165) is 25.2 Å². The first-order valence-electron chi connectivity index (χ1n) is 7.73. The van der Waals surface area contributed by atoms with Crippen LogP contribution in [0.25, 0.3) is 0 Å². The summed E-state index contributed by atoms with van der Waals surface area (Å²) in [5.74, 6) is 0.496. The summed E-state index contributed by atoms with van der Waals surface area (Å²) in [6, 6.07) is 11.9. The summed E-state index contributed by atoms with van der Waals surface area (Å²) in [6.45, 7) is 1.34. The molecule has 126 valence electrons. The number of halogens is 2. The van der Waals surface area contributed by atoms with Crippen LogP contribution >= 0.6 is 23.2 Å². The highest BCUT2D eigenvalue weighted by Crippen LogP contribution is 2.25. The van der Waals surface area contributed by atoms with E-state index >= 15 is 0 Å². The zero-order chi connectivity index (χ0) is 16.9. The molecule has 1 atom stereocenters. The van der Waals surface area contributed by atoms with Crippen molar-refractivity contribution in [1.82, 2.24) is 0 Å². The van der Waals surface area contributed by atoms with E-state index in [0.29, 0.717) is 27.9 Å². The molecule has 1 amide bonds. The minimum absolute atomic E-state index is 0.169. The SMILES string of the molecule is O=C(Nc1ccc(Cl)c(Cl)c1)c1ccc(OCC2CCCO2)cc1. The van der Waals surface area contributed by atoms with Crippen molar-refractivity contribution in [2.45, 2.75) is 18.9 Å². The molecule has 6 heteroatoms. The van der Waals surface area contributed by atoms with E-state index in [1.54, 1.807) is 42.5 Å². The number of rotatable bonds is 5. The minimum Gasteiger partial charge on any atom is -0.491 e. The molecule has 1 unspecified atom stereocenters. The monoisotopic (exact) mass is 365 g/mol. The van der Waals surface area contributed by atoms with Crippen LogP contribution in [0, 0.1) is 0 Å². The lowest BCUT2D eigenvalue weighted by Gasteiger charge is -2.12. The van der Waals surface area contributed by atoms with Gasteiger partial charge in [0.05, 0.1) is 16.1 Å². The number of amides is 1. The Kier molecular flexibility index (Phi) is 5.61. The van der Waals surface area contributed by atoms with E-state index in [-0.39, 0.29) is 12.0 Å². The Morgan fingerprint density at radius 2 is 1.96 bits per heavy atom. The maximum Gasteiger partial charge on any atom is 0.255 e. The van der Waals surface area contributed by atoms with Crippen LogP contribution in [0.2, 0.25) is 10.0 Å². The van der Waals surface area contributed by atoms with Crippen molar-refractivity contribution in [3.63, 3.8) is 0 Å².